The van der Waals surface area contributed by atoms with Crippen molar-refractivity contribution in [3.8, 4) is 0 Å². The average Bonchev–Trinajstić information content (AvgIpc) is 2.29. The van der Waals surface area contributed by atoms with Crippen LogP contribution in [0.1, 0.15) is 39.2 Å². The first-order valence-electron chi connectivity index (χ1n) is 6.32. The monoisotopic (exact) mass is 232 g/mol. The fraction of sp³-hybridized carbons (Fsp3) is 0.571. The predicted octanol–water partition coefficient (Wildman–Crippen LogP) is 2.58. The lowest BCUT2D eigenvalue weighted by atomic mass is 9.71. The molecule has 1 aromatic carbocycles. The number of hydrogen-bond acceptors (Lipinski definition) is 2. The van der Waals surface area contributed by atoms with Gasteiger partial charge in [-0.25, -0.2) is 0 Å². The van der Waals surface area contributed by atoms with Crippen LogP contribution < -0.4 is 5.46 Å². The highest BCUT2D eigenvalue weighted by molar-refractivity contribution is 6.62. The van der Waals surface area contributed by atoms with Gasteiger partial charge in [-0.1, -0.05) is 52.0 Å². The summed E-state index contributed by atoms with van der Waals surface area (Å²) in [7, 11) is -0.193. The van der Waals surface area contributed by atoms with Crippen LogP contribution in [0.2, 0.25) is 0 Å². The van der Waals surface area contributed by atoms with Gasteiger partial charge in [0.2, 0.25) is 0 Å². The van der Waals surface area contributed by atoms with E-state index in [1.165, 1.54) is 11.0 Å². The third kappa shape index (κ3) is 2.91. The molecular formula is C14H21BO2. The Morgan fingerprint density at radius 1 is 1.12 bits per heavy atom. The third-order valence-corrected chi connectivity index (χ3v) is 3.12. The molecule has 0 N–H and O–H groups in total. The number of hydrogen-bond donors (Lipinski definition) is 0. The van der Waals surface area contributed by atoms with Crippen molar-refractivity contribution in [2.75, 3.05) is 13.2 Å². The summed E-state index contributed by atoms with van der Waals surface area (Å²) in [5, 5.41) is 0. The van der Waals surface area contributed by atoms with E-state index in [9.17, 15) is 0 Å². The van der Waals surface area contributed by atoms with Crippen molar-refractivity contribution in [1.29, 1.82) is 0 Å². The van der Waals surface area contributed by atoms with E-state index in [1.807, 2.05) is 6.07 Å². The van der Waals surface area contributed by atoms with Gasteiger partial charge in [-0.2, -0.15) is 0 Å². The molecule has 1 heterocycles. The maximum atomic E-state index is 5.85. The van der Waals surface area contributed by atoms with E-state index in [-0.39, 0.29) is 12.5 Å². The molecule has 2 nitrogen and oxygen atoms in total. The van der Waals surface area contributed by atoms with Crippen LogP contribution in [-0.2, 0) is 9.31 Å². The molecule has 92 valence electrons. The molecule has 2 rings (SSSR count). The first-order chi connectivity index (χ1) is 7.99. The van der Waals surface area contributed by atoms with Gasteiger partial charge in [-0.15, -0.1) is 0 Å². The Balaban J connectivity index is 2.18. The lowest BCUT2D eigenvalue weighted by Crippen LogP contribution is -2.48. The van der Waals surface area contributed by atoms with Gasteiger partial charge in [0.25, 0.3) is 0 Å². The normalized spacial score (nSPS) is 19.7. The maximum absolute atomic E-state index is 5.85. The van der Waals surface area contributed by atoms with Crippen LogP contribution in [0.4, 0.5) is 0 Å². The Kier molecular flexibility index (Phi) is 3.60. The lowest BCUT2D eigenvalue weighted by Gasteiger charge is -2.33. The van der Waals surface area contributed by atoms with Crippen molar-refractivity contribution >= 4 is 12.6 Å². The molecule has 0 unspecified atom stereocenters. The van der Waals surface area contributed by atoms with Gasteiger partial charge < -0.3 is 9.31 Å². The second kappa shape index (κ2) is 4.83. The quantitative estimate of drug-likeness (QED) is 0.729. The largest absolute Gasteiger partial charge is 0.494 e. The summed E-state index contributed by atoms with van der Waals surface area (Å²) < 4.78 is 11.7. The van der Waals surface area contributed by atoms with Crippen molar-refractivity contribution < 1.29 is 9.31 Å². The van der Waals surface area contributed by atoms with E-state index in [0.717, 1.165) is 13.2 Å². The molecule has 0 amide bonds. The van der Waals surface area contributed by atoms with Crippen LogP contribution in [0.25, 0.3) is 0 Å². The second-order valence-electron chi connectivity index (χ2n) is 5.90. The zero-order valence-corrected chi connectivity index (χ0v) is 11.2. The molecule has 1 fully saturated rings. The van der Waals surface area contributed by atoms with E-state index < -0.39 is 0 Å². The molecule has 0 bridgehead atoms. The minimum Gasteiger partial charge on any atom is -0.407 e. The molecule has 0 spiro atoms. The Labute approximate surface area is 104 Å². The molecule has 1 aliphatic heterocycles. The van der Waals surface area contributed by atoms with Crippen molar-refractivity contribution in [3.63, 3.8) is 0 Å². The van der Waals surface area contributed by atoms with E-state index in [4.69, 9.17) is 9.31 Å². The first-order valence-corrected chi connectivity index (χ1v) is 6.32. The SMILES string of the molecule is CC(C)c1ccccc1B1OCC(C)(C)CO1. The fourth-order valence-electron chi connectivity index (χ4n) is 2.12. The van der Waals surface area contributed by atoms with Gasteiger partial charge in [0, 0.05) is 18.6 Å². The zero-order chi connectivity index (χ0) is 12.5. The number of benzene rings is 1. The van der Waals surface area contributed by atoms with Crippen LogP contribution in [0.5, 0.6) is 0 Å². The van der Waals surface area contributed by atoms with Crippen molar-refractivity contribution in [2.24, 2.45) is 5.41 Å². The molecule has 1 saturated heterocycles. The smallest absolute Gasteiger partial charge is 0.407 e. The topological polar surface area (TPSA) is 18.5 Å². The maximum Gasteiger partial charge on any atom is 0.494 e. The molecule has 0 atom stereocenters. The summed E-state index contributed by atoms with van der Waals surface area (Å²) in [6.45, 7) is 10.2. The molecule has 17 heavy (non-hydrogen) atoms. The van der Waals surface area contributed by atoms with Gasteiger partial charge in [0.1, 0.15) is 0 Å². The Hall–Kier alpha value is -0.795. The Morgan fingerprint density at radius 3 is 2.29 bits per heavy atom. The average molecular weight is 232 g/mol. The van der Waals surface area contributed by atoms with E-state index >= 15 is 0 Å². The highest BCUT2D eigenvalue weighted by Gasteiger charge is 2.34. The van der Waals surface area contributed by atoms with Crippen LogP contribution in [-0.4, -0.2) is 20.3 Å². The van der Waals surface area contributed by atoms with Crippen LogP contribution >= 0.6 is 0 Å². The number of rotatable bonds is 2. The summed E-state index contributed by atoms with van der Waals surface area (Å²) in [5.41, 5.74) is 2.62. The van der Waals surface area contributed by atoms with Crippen molar-refractivity contribution in [1.82, 2.24) is 0 Å². The molecular weight excluding hydrogens is 211 g/mol. The van der Waals surface area contributed by atoms with Crippen LogP contribution in [0, 0.1) is 5.41 Å². The Bertz CT molecular complexity index is 378. The summed E-state index contributed by atoms with van der Waals surface area (Å²) in [6, 6.07) is 8.39. The Morgan fingerprint density at radius 2 is 1.71 bits per heavy atom. The van der Waals surface area contributed by atoms with Gasteiger partial charge >= 0.3 is 7.12 Å². The highest BCUT2D eigenvalue weighted by atomic mass is 16.6. The standard InChI is InChI=1S/C14H21BO2/c1-11(2)12-7-5-6-8-13(12)15-16-9-14(3,4)10-17-15/h5-8,11H,9-10H2,1-4H3. The molecule has 0 aliphatic carbocycles. The fourth-order valence-corrected chi connectivity index (χ4v) is 2.12. The molecule has 3 heteroatoms. The minimum absolute atomic E-state index is 0.128. The van der Waals surface area contributed by atoms with Crippen LogP contribution in [0.15, 0.2) is 24.3 Å². The van der Waals surface area contributed by atoms with E-state index in [1.54, 1.807) is 0 Å². The van der Waals surface area contributed by atoms with Crippen molar-refractivity contribution in [3.05, 3.63) is 29.8 Å². The summed E-state index contributed by atoms with van der Waals surface area (Å²) in [6.07, 6.45) is 0. The van der Waals surface area contributed by atoms with Gasteiger partial charge in [-0.3, -0.25) is 0 Å². The van der Waals surface area contributed by atoms with E-state index in [0.29, 0.717) is 5.92 Å². The highest BCUT2D eigenvalue weighted by Crippen LogP contribution is 2.22. The second-order valence-corrected chi connectivity index (χ2v) is 5.90. The first kappa shape index (κ1) is 12.7. The summed E-state index contributed by atoms with van der Waals surface area (Å²) >= 11 is 0. The third-order valence-electron chi connectivity index (χ3n) is 3.12. The molecule has 0 radical (unpaired) electrons. The molecule has 0 aromatic heterocycles. The predicted molar refractivity (Wildman–Crippen MR) is 71.6 cm³/mol. The summed E-state index contributed by atoms with van der Waals surface area (Å²) in [4.78, 5) is 0. The molecule has 1 aliphatic rings. The van der Waals surface area contributed by atoms with Crippen LogP contribution in [0.3, 0.4) is 0 Å². The molecule has 0 saturated carbocycles. The minimum atomic E-state index is -0.193. The molecule has 1 aromatic rings. The van der Waals surface area contributed by atoms with Gasteiger partial charge in [0.15, 0.2) is 0 Å². The van der Waals surface area contributed by atoms with Crippen molar-refractivity contribution in [2.45, 2.75) is 33.6 Å². The summed E-state index contributed by atoms with van der Waals surface area (Å²) in [5.74, 6) is 0.494. The van der Waals surface area contributed by atoms with E-state index in [2.05, 4.69) is 45.9 Å². The zero-order valence-electron chi connectivity index (χ0n) is 11.2. The van der Waals surface area contributed by atoms with Gasteiger partial charge in [0.05, 0.1) is 0 Å². The van der Waals surface area contributed by atoms with Gasteiger partial charge in [-0.05, 0) is 16.9 Å². The lowest BCUT2D eigenvalue weighted by molar-refractivity contribution is 0.0342.